The van der Waals surface area contributed by atoms with Gasteiger partial charge in [-0.05, 0) is 77.9 Å². The van der Waals surface area contributed by atoms with E-state index in [4.69, 9.17) is 49.3 Å². The van der Waals surface area contributed by atoms with Crippen LogP contribution in [0.4, 0.5) is 26.7 Å². The van der Waals surface area contributed by atoms with Gasteiger partial charge in [0.2, 0.25) is 0 Å². The number of carbonyl (C=O) groups is 2. The maximum absolute atomic E-state index is 14.1. The molecule has 0 aliphatic carbocycles. The molecule has 0 radical (unpaired) electrons. The minimum atomic E-state index is -0.573. The number of hydrogen-bond acceptors (Lipinski definition) is 11. The Bertz CT molecular complexity index is 2880. The van der Waals surface area contributed by atoms with Crippen molar-refractivity contribution < 1.29 is 19.1 Å². The van der Waals surface area contributed by atoms with E-state index in [2.05, 4.69) is 10.2 Å². The van der Waals surface area contributed by atoms with Crippen LogP contribution >= 0.6 is 34.8 Å². The Morgan fingerprint density at radius 3 is 1.36 bits per heavy atom. The van der Waals surface area contributed by atoms with Gasteiger partial charge in [-0.3, -0.25) is 9.59 Å². The maximum atomic E-state index is 14.1. The highest BCUT2D eigenvalue weighted by atomic mass is 35.5. The average Bonchev–Trinajstić information content (AvgIpc) is 3.32. The number of benzene rings is 4. The molecular formula is C51H54Cl3N9O6. The molecule has 4 heterocycles. The van der Waals surface area contributed by atoms with Crippen LogP contribution in [-0.2, 0) is 9.47 Å². The van der Waals surface area contributed by atoms with Crippen molar-refractivity contribution in [2.24, 2.45) is 4.99 Å². The number of hydrogen-bond donors (Lipinski definition) is 0. The lowest BCUT2D eigenvalue weighted by Crippen LogP contribution is -2.50. The van der Waals surface area contributed by atoms with Crippen molar-refractivity contribution in [3.05, 3.63) is 168 Å². The summed E-state index contributed by atoms with van der Waals surface area (Å²) >= 11 is 18.6. The summed E-state index contributed by atoms with van der Waals surface area (Å²) < 4.78 is 13.5. The van der Waals surface area contributed by atoms with Gasteiger partial charge >= 0.3 is 12.2 Å². The van der Waals surface area contributed by atoms with Gasteiger partial charge in [-0.1, -0.05) is 108 Å². The van der Waals surface area contributed by atoms with Crippen LogP contribution < -0.4 is 20.9 Å². The van der Waals surface area contributed by atoms with Gasteiger partial charge in [0.25, 0.3) is 11.1 Å². The topological polar surface area (TPSA) is 148 Å². The number of anilines is 2. The van der Waals surface area contributed by atoms with Crippen molar-refractivity contribution in [1.82, 2.24) is 29.4 Å². The van der Waals surface area contributed by atoms with Gasteiger partial charge in [-0.25, -0.2) is 14.6 Å². The molecule has 8 rings (SSSR count). The lowest BCUT2D eigenvalue weighted by molar-refractivity contribution is 0.0230. The van der Waals surface area contributed by atoms with Gasteiger partial charge in [0.1, 0.15) is 16.2 Å². The Labute approximate surface area is 416 Å². The zero-order valence-corrected chi connectivity index (χ0v) is 41.6. The average molecular weight is 995 g/mol. The molecule has 15 nitrogen and oxygen atoms in total. The molecule has 0 unspecified atom stereocenters. The highest BCUT2D eigenvalue weighted by Crippen LogP contribution is 2.29. The fraction of sp³-hybridized carbons (Fsp3) is 0.314. The van der Waals surface area contributed by atoms with Crippen LogP contribution in [-0.4, -0.2) is 111 Å². The monoisotopic (exact) mass is 993 g/mol. The summed E-state index contributed by atoms with van der Waals surface area (Å²) in [5.41, 5.74) is 3.02. The molecule has 0 bridgehead atoms. The van der Waals surface area contributed by atoms with Crippen LogP contribution in [0.5, 0.6) is 0 Å². The van der Waals surface area contributed by atoms with Gasteiger partial charge in [-0.15, -0.1) is 0 Å². The molecule has 0 atom stereocenters. The molecule has 2 aliphatic rings. The molecule has 2 amide bonds. The van der Waals surface area contributed by atoms with Crippen molar-refractivity contribution in [2.75, 3.05) is 62.2 Å². The number of ether oxygens (including phenoxy) is 2. The molecule has 6 aromatic rings. The van der Waals surface area contributed by atoms with Crippen molar-refractivity contribution >= 4 is 69.8 Å². The predicted octanol–water partition coefficient (Wildman–Crippen LogP) is 9.71. The fourth-order valence-electron chi connectivity index (χ4n) is 7.51. The number of carbonyl (C=O) groups excluding carboxylic acids is 2. The zero-order valence-electron chi connectivity index (χ0n) is 39.3. The van der Waals surface area contributed by atoms with E-state index in [-0.39, 0.29) is 28.5 Å². The zero-order chi connectivity index (χ0) is 49.5. The van der Waals surface area contributed by atoms with E-state index in [0.29, 0.717) is 90.9 Å². The summed E-state index contributed by atoms with van der Waals surface area (Å²) in [5.74, 6) is 0. The van der Waals surface area contributed by atoms with E-state index in [0.717, 1.165) is 11.1 Å². The standard InChI is InChI=1S/C32H32ClN5O3.C19H22Cl2N4O3/c1-32(2,3)41-31(40)37-19-17-36(18-20-37)27-22-34-38(26-16-10-15-25(33)21-26)30(39)29(27)35-28(23-11-6-4-7-12-23)24-13-8-5-9-14-24;1-19(2,3)28-18(27)24-9-7-23(8-10-24)15-12-22-25(17(26)16(15)21)14-6-4-5-13(20)11-14/h4-16,21-22H,17-20H2,1-3H3;4-6,11-12H,7-10H2,1-3H3. The van der Waals surface area contributed by atoms with Crippen LogP contribution in [0.15, 0.2) is 136 Å². The first-order valence-electron chi connectivity index (χ1n) is 22.4. The van der Waals surface area contributed by atoms with Crippen molar-refractivity contribution in [3.63, 3.8) is 0 Å². The van der Waals surface area contributed by atoms with E-state index in [1.54, 1.807) is 70.7 Å². The van der Waals surface area contributed by atoms with Crippen molar-refractivity contribution in [1.29, 1.82) is 0 Å². The van der Waals surface area contributed by atoms with Crippen molar-refractivity contribution in [3.8, 4) is 11.4 Å². The molecule has 2 aromatic heterocycles. The third-order valence-electron chi connectivity index (χ3n) is 10.8. The van der Waals surface area contributed by atoms with E-state index in [1.165, 1.54) is 9.36 Å². The second-order valence-corrected chi connectivity index (χ2v) is 19.5. The third kappa shape index (κ3) is 12.9. The summed E-state index contributed by atoms with van der Waals surface area (Å²) in [7, 11) is 0. The molecular weight excluding hydrogens is 941 g/mol. The SMILES string of the molecule is CC(C)(C)OC(=O)N1CCN(c2cnn(-c3cccc(Cl)c3)c(=O)c2Cl)CC1.CC(C)(C)OC(=O)N1CCN(c2cnn(-c3cccc(Cl)c3)c(=O)c2N=C(c2ccccc2)c2ccccc2)CC1. The van der Waals surface area contributed by atoms with Crippen LogP contribution in [0.1, 0.15) is 52.7 Å². The molecule has 4 aromatic carbocycles. The molecule has 69 heavy (non-hydrogen) atoms. The summed E-state index contributed by atoms with van der Waals surface area (Å²) in [5, 5.41) is 9.84. The Morgan fingerprint density at radius 1 is 0.536 bits per heavy atom. The molecule has 2 fully saturated rings. The largest absolute Gasteiger partial charge is 0.444 e. The first-order chi connectivity index (χ1) is 32.8. The minimum absolute atomic E-state index is 0.0840. The molecule has 0 saturated carbocycles. The summed E-state index contributed by atoms with van der Waals surface area (Å²) in [4.78, 5) is 64.0. The highest BCUT2D eigenvalue weighted by Gasteiger charge is 2.30. The summed E-state index contributed by atoms with van der Waals surface area (Å²) in [6.07, 6.45) is 2.54. The smallest absolute Gasteiger partial charge is 0.410 e. The summed E-state index contributed by atoms with van der Waals surface area (Å²) in [6, 6.07) is 33.4. The van der Waals surface area contributed by atoms with E-state index < -0.39 is 16.8 Å². The number of halogens is 3. The highest BCUT2D eigenvalue weighted by molar-refractivity contribution is 6.33. The van der Waals surface area contributed by atoms with Crippen LogP contribution in [0.25, 0.3) is 11.4 Å². The van der Waals surface area contributed by atoms with Gasteiger partial charge in [0, 0.05) is 73.5 Å². The van der Waals surface area contributed by atoms with Crippen LogP contribution in [0.2, 0.25) is 15.1 Å². The molecule has 2 aliphatic heterocycles. The third-order valence-corrected chi connectivity index (χ3v) is 11.6. The molecule has 0 N–H and O–H groups in total. The molecule has 18 heteroatoms. The normalized spacial score (nSPS) is 14.1. The fourth-order valence-corrected chi connectivity index (χ4v) is 8.13. The second-order valence-electron chi connectivity index (χ2n) is 18.2. The Hall–Kier alpha value is -6.68. The number of amides is 2. The first kappa shape index (κ1) is 50.2. The number of rotatable bonds is 7. The Balaban J connectivity index is 0.000000219. The summed E-state index contributed by atoms with van der Waals surface area (Å²) in [6.45, 7) is 14.9. The van der Waals surface area contributed by atoms with Crippen LogP contribution in [0.3, 0.4) is 0 Å². The molecule has 360 valence electrons. The van der Waals surface area contributed by atoms with Crippen LogP contribution in [0, 0.1) is 0 Å². The number of aromatic nitrogens is 4. The minimum Gasteiger partial charge on any atom is -0.444 e. The van der Waals surface area contributed by atoms with E-state index in [1.807, 2.05) is 112 Å². The second kappa shape index (κ2) is 21.7. The van der Waals surface area contributed by atoms with Gasteiger partial charge in [-0.2, -0.15) is 19.6 Å². The lowest BCUT2D eigenvalue weighted by Gasteiger charge is -2.36. The Morgan fingerprint density at radius 2 is 0.942 bits per heavy atom. The Kier molecular flexibility index (Phi) is 15.8. The van der Waals surface area contributed by atoms with Gasteiger partial charge in [0.15, 0.2) is 5.69 Å². The number of piperazine rings is 2. The quantitative estimate of drug-likeness (QED) is 0.142. The molecule has 2 saturated heterocycles. The maximum Gasteiger partial charge on any atom is 0.410 e. The lowest BCUT2D eigenvalue weighted by atomic mass is 10.0. The van der Waals surface area contributed by atoms with E-state index >= 15 is 0 Å². The first-order valence-corrected chi connectivity index (χ1v) is 23.6. The van der Waals surface area contributed by atoms with Gasteiger partial charge < -0.3 is 29.1 Å². The number of aliphatic imine (C=N–C) groups is 1. The number of nitrogens with zero attached hydrogens (tertiary/aromatic N) is 9. The van der Waals surface area contributed by atoms with Crippen molar-refractivity contribution in [2.45, 2.75) is 52.7 Å². The van der Waals surface area contributed by atoms with E-state index in [9.17, 15) is 19.2 Å². The predicted molar refractivity (Wildman–Crippen MR) is 273 cm³/mol. The van der Waals surface area contributed by atoms with Gasteiger partial charge in [0.05, 0.1) is 40.9 Å². The molecule has 0 spiro atoms.